The fourth-order valence-corrected chi connectivity index (χ4v) is 5.15. The molecule has 6 nitrogen and oxygen atoms in total. The number of halogens is 1. The van der Waals surface area contributed by atoms with Gasteiger partial charge in [0.1, 0.15) is 22.9 Å². The second-order valence-corrected chi connectivity index (χ2v) is 9.32. The van der Waals surface area contributed by atoms with Gasteiger partial charge in [0.25, 0.3) is 0 Å². The SMILES string of the molecule is CC1CCC/C=C(\c2nc(N)c3c(n2)NC(=O)C3(C)c2cccc(CN)c2)c2ccc(F)cc21. The van der Waals surface area contributed by atoms with E-state index in [9.17, 15) is 9.18 Å². The van der Waals surface area contributed by atoms with Gasteiger partial charge in [-0.15, -0.1) is 0 Å². The van der Waals surface area contributed by atoms with Crippen molar-refractivity contribution < 1.29 is 9.18 Å². The molecular weight excluding hydrogens is 429 g/mol. The molecule has 5 N–H and O–H groups in total. The van der Waals surface area contributed by atoms with Gasteiger partial charge in [-0.1, -0.05) is 43.3 Å². The normalized spacial score (nSPS) is 23.2. The van der Waals surface area contributed by atoms with E-state index in [4.69, 9.17) is 16.5 Å². The molecule has 1 aromatic heterocycles. The van der Waals surface area contributed by atoms with Crippen LogP contribution in [0, 0.1) is 5.82 Å². The van der Waals surface area contributed by atoms with Gasteiger partial charge in [-0.3, -0.25) is 4.79 Å². The molecule has 0 radical (unpaired) electrons. The number of hydrogen-bond donors (Lipinski definition) is 3. The van der Waals surface area contributed by atoms with E-state index in [0.717, 1.165) is 47.1 Å². The van der Waals surface area contributed by atoms with Crippen molar-refractivity contribution in [3.8, 4) is 0 Å². The zero-order valence-corrected chi connectivity index (χ0v) is 19.4. The van der Waals surface area contributed by atoms with Crippen molar-refractivity contribution in [3.05, 3.63) is 88.0 Å². The summed E-state index contributed by atoms with van der Waals surface area (Å²) in [5.41, 5.74) is 16.2. The monoisotopic (exact) mass is 457 g/mol. The number of anilines is 2. The van der Waals surface area contributed by atoms with Crippen LogP contribution >= 0.6 is 0 Å². The molecule has 2 heterocycles. The molecule has 5 rings (SSSR count). The third-order valence-electron chi connectivity index (χ3n) is 7.13. The first-order chi connectivity index (χ1) is 16.3. The number of amides is 1. The number of nitrogens with one attached hydrogen (secondary N) is 1. The van der Waals surface area contributed by atoms with E-state index in [1.807, 2.05) is 31.2 Å². The Hall–Kier alpha value is -3.58. The second-order valence-electron chi connectivity index (χ2n) is 9.32. The summed E-state index contributed by atoms with van der Waals surface area (Å²) in [6.45, 7) is 4.31. The number of nitrogens with two attached hydrogens (primary N) is 2. The predicted octanol–water partition coefficient (Wildman–Crippen LogP) is 4.63. The number of allylic oxidation sites excluding steroid dienone is 1. The topological polar surface area (TPSA) is 107 Å². The molecule has 3 aromatic rings. The number of fused-ring (bicyclic) bond motifs is 2. The Morgan fingerprint density at radius 2 is 2.03 bits per heavy atom. The zero-order valence-electron chi connectivity index (χ0n) is 19.4. The third-order valence-corrected chi connectivity index (χ3v) is 7.13. The summed E-state index contributed by atoms with van der Waals surface area (Å²) < 4.78 is 14.1. The molecule has 0 fully saturated rings. The van der Waals surface area contributed by atoms with E-state index in [-0.39, 0.29) is 23.5 Å². The van der Waals surface area contributed by atoms with Crippen LogP contribution < -0.4 is 16.8 Å². The Kier molecular flexibility index (Phi) is 5.44. The summed E-state index contributed by atoms with van der Waals surface area (Å²) in [5, 5.41) is 2.93. The standard InChI is InChI=1S/C27H28FN5O/c1-15-6-3-4-9-20(19-11-10-18(28)13-21(15)19)24-31-23(30)22-25(32-24)33-26(34)27(22,2)17-8-5-7-16(12-17)14-29/h5,7-13,15H,3-4,6,14,29H2,1-2H3,(H3,30,31,32,33,34)/b20-9-. The average molecular weight is 458 g/mol. The van der Waals surface area contributed by atoms with Crippen LogP contribution in [0.15, 0.2) is 48.5 Å². The molecule has 174 valence electrons. The Morgan fingerprint density at radius 3 is 2.82 bits per heavy atom. The number of nitrogens with zero attached hydrogens (tertiary/aromatic N) is 2. The summed E-state index contributed by atoms with van der Waals surface area (Å²) in [6.07, 6.45) is 4.90. The number of carbonyl (C=O) groups is 1. The van der Waals surface area contributed by atoms with Gasteiger partial charge in [0.05, 0.1) is 5.56 Å². The van der Waals surface area contributed by atoms with Gasteiger partial charge in [0.15, 0.2) is 5.82 Å². The van der Waals surface area contributed by atoms with Crippen LogP contribution in [0.2, 0.25) is 0 Å². The van der Waals surface area contributed by atoms with E-state index in [1.54, 1.807) is 12.1 Å². The number of carbonyl (C=O) groups excluding carboxylic acids is 1. The highest BCUT2D eigenvalue weighted by atomic mass is 19.1. The van der Waals surface area contributed by atoms with Crippen LogP contribution in [0.1, 0.15) is 72.7 Å². The lowest BCUT2D eigenvalue weighted by atomic mass is 9.77. The molecule has 7 heteroatoms. The van der Waals surface area contributed by atoms with E-state index in [0.29, 0.717) is 23.8 Å². The molecule has 0 spiro atoms. The third kappa shape index (κ3) is 3.47. The predicted molar refractivity (Wildman–Crippen MR) is 132 cm³/mol. The van der Waals surface area contributed by atoms with Crippen molar-refractivity contribution in [1.29, 1.82) is 0 Å². The number of rotatable bonds is 3. The van der Waals surface area contributed by atoms with Crippen LogP contribution in [-0.2, 0) is 16.8 Å². The van der Waals surface area contributed by atoms with Gasteiger partial charge in [-0.2, -0.15) is 0 Å². The molecule has 2 aliphatic rings. The van der Waals surface area contributed by atoms with Crippen molar-refractivity contribution in [2.24, 2.45) is 5.73 Å². The van der Waals surface area contributed by atoms with Gasteiger partial charge in [0, 0.05) is 12.1 Å². The molecule has 1 amide bonds. The van der Waals surface area contributed by atoms with Crippen LogP contribution in [0.3, 0.4) is 0 Å². The largest absolute Gasteiger partial charge is 0.383 e. The van der Waals surface area contributed by atoms with Crippen LogP contribution in [-0.4, -0.2) is 15.9 Å². The van der Waals surface area contributed by atoms with E-state index in [1.165, 1.54) is 6.07 Å². The van der Waals surface area contributed by atoms with Crippen LogP contribution in [0.25, 0.3) is 5.57 Å². The molecular formula is C27H28FN5O. The van der Waals surface area contributed by atoms with Crippen molar-refractivity contribution >= 4 is 23.1 Å². The Balaban J connectivity index is 1.66. The summed E-state index contributed by atoms with van der Waals surface area (Å²) in [5.74, 6) is 0.823. The lowest BCUT2D eigenvalue weighted by Crippen LogP contribution is -2.33. The molecule has 1 aliphatic carbocycles. The summed E-state index contributed by atoms with van der Waals surface area (Å²) >= 11 is 0. The zero-order chi connectivity index (χ0) is 24.0. The van der Waals surface area contributed by atoms with Gasteiger partial charge in [-0.05, 0) is 66.5 Å². The molecule has 2 atom stereocenters. The lowest BCUT2D eigenvalue weighted by molar-refractivity contribution is -0.119. The first-order valence-corrected chi connectivity index (χ1v) is 11.6. The van der Waals surface area contributed by atoms with Gasteiger partial charge >= 0.3 is 0 Å². The van der Waals surface area contributed by atoms with Crippen molar-refractivity contribution in [2.45, 2.75) is 51.0 Å². The molecule has 2 unspecified atom stereocenters. The summed E-state index contributed by atoms with van der Waals surface area (Å²) in [4.78, 5) is 22.7. The van der Waals surface area contributed by atoms with E-state index >= 15 is 0 Å². The van der Waals surface area contributed by atoms with Gasteiger partial charge in [0.2, 0.25) is 5.91 Å². The molecule has 2 aromatic carbocycles. The minimum atomic E-state index is -1.03. The quantitative estimate of drug-likeness (QED) is 0.531. The van der Waals surface area contributed by atoms with Gasteiger partial charge in [-0.25, -0.2) is 14.4 Å². The Morgan fingerprint density at radius 1 is 1.21 bits per heavy atom. The highest BCUT2D eigenvalue weighted by molar-refractivity contribution is 6.09. The molecule has 0 saturated carbocycles. The second kappa shape index (κ2) is 8.33. The highest BCUT2D eigenvalue weighted by Crippen LogP contribution is 2.45. The minimum absolute atomic E-state index is 0.207. The lowest BCUT2D eigenvalue weighted by Gasteiger charge is -2.24. The van der Waals surface area contributed by atoms with E-state index < -0.39 is 5.41 Å². The Bertz CT molecular complexity index is 1330. The maximum Gasteiger partial charge on any atom is 0.240 e. The Labute approximate surface area is 198 Å². The molecule has 1 aliphatic heterocycles. The number of hydrogen-bond acceptors (Lipinski definition) is 5. The first kappa shape index (κ1) is 22.2. The van der Waals surface area contributed by atoms with Crippen molar-refractivity contribution in [1.82, 2.24) is 9.97 Å². The molecule has 0 bridgehead atoms. The smallest absolute Gasteiger partial charge is 0.240 e. The van der Waals surface area contributed by atoms with Crippen molar-refractivity contribution in [3.63, 3.8) is 0 Å². The average Bonchev–Trinajstić information content (AvgIpc) is 3.09. The van der Waals surface area contributed by atoms with Crippen molar-refractivity contribution in [2.75, 3.05) is 11.1 Å². The van der Waals surface area contributed by atoms with Crippen LogP contribution in [0.4, 0.5) is 16.0 Å². The number of aromatic nitrogens is 2. The molecule has 0 saturated heterocycles. The molecule has 34 heavy (non-hydrogen) atoms. The van der Waals surface area contributed by atoms with Crippen LogP contribution in [0.5, 0.6) is 0 Å². The number of benzene rings is 2. The number of nitrogen functional groups attached to an aromatic ring is 1. The fourth-order valence-electron chi connectivity index (χ4n) is 5.15. The first-order valence-electron chi connectivity index (χ1n) is 11.6. The van der Waals surface area contributed by atoms with Gasteiger partial charge < -0.3 is 16.8 Å². The fraction of sp³-hybridized carbons (Fsp3) is 0.296. The maximum absolute atomic E-state index is 14.1. The highest BCUT2D eigenvalue weighted by Gasteiger charge is 2.47. The van der Waals surface area contributed by atoms with E-state index in [2.05, 4.69) is 23.3 Å². The minimum Gasteiger partial charge on any atom is -0.383 e. The summed E-state index contributed by atoms with van der Waals surface area (Å²) in [6, 6.07) is 12.5. The summed E-state index contributed by atoms with van der Waals surface area (Å²) in [7, 11) is 0. The maximum atomic E-state index is 14.1.